The molecule has 0 saturated heterocycles. The van der Waals surface area contributed by atoms with E-state index in [4.69, 9.17) is 9.15 Å². The van der Waals surface area contributed by atoms with Crippen LogP contribution in [0.3, 0.4) is 0 Å². The first-order valence-electron chi connectivity index (χ1n) is 8.26. The highest BCUT2D eigenvalue weighted by Crippen LogP contribution is 2.24. The maximum absolute atomic E-state index is 12.2. The summed E-state index contributed by atoms with van der Waals surface area (Å²) in [5, 5.41) is 2.77. The third kappa shape index (κ3) is 5.70. The SMILES string of the molecule is CCCCNC(=O)C[S@@](=O)Cc1nc(-c2ccc(OC)cc2)oc1C. The molecule has 6 nitrogen and oxygen atoms in total. The van der Waals surface area contributed by atoms with E-state index in [1.807, 2.05) is 24.3 Å². The van der Waals surface area contributed by atoms with Crippen LogP contribution in [0.5, 0.6) is 5.75 Å². The monoisotopic (exact) mass is 364 g/mol. The fraction of sp³-hybridized carbons (Fsp3) is 0.444. The van der Waals surface area contributed by atoms with Gasteiger partial charge in [0.2, 0.25) is 11.8 Å². The molecule has 0 radical (unpaired) electrons. The predicted octanol–water partition coefficient (Wildman–Crippen LogP) is 2.82. The fourth-order valence-electron chi connectivity index (χ4n) is 2.22. The van der Waals surface area contributed by atoms with Crippen LogP contribution in [-0.4, -0.2) is 34.5 Å². The molecule has 1 aromatic carbocycles. The van der Waals surface area contributed by atoms with Gasteiger partial charge in [-0.1, -0.05) is 13.3 Å². The molecule has 0 aliphatic heterocycles. The second-order valence-corrected chi connectivity index (χ2v) is 7.14. The van der Waals surface area contributed by atoms with Crippen molar-refractivity contribution in [2.45, 2.75) is 32.4 Å². The van der Waals surface area contributed by atoms with E-state index in [9.17, 15) is 9.00 Å². The Morgan fingerprint density at radius 3 is 2.68 bits per heavy atom. The first kappa shape index (κ1) is 19.2. The Labute approximate surface area is 150 Å². The van der Waals surface area contributed by atoms with Crippen LogP contribution < -0.4 is 10.1 Å². The van der Waals surface area contributed by atoms with Crippen LogP contribution in [0.15, 0.2) is 28.7 Å². The van der Waals surface area contributed by atoms with E-state index >= 15 is 0 Å². The van der Waals surface area contributed by atoms with Crippen molar-refractivity contribution >= 4 is 16.7 Å². The third-order valence-corrected chi connectivity index (χ3v) is 4.85. The van der Waals surface area contributed by atoms with Crippen molar-refractivity contribution in [2.75, 3.05) is 19.4 Å². The molecule has 0 aliphatic carbocycles. The van der Waals surface area contributed by atoms with E-state index in [0.717, 1.165) is 24.2 Å². The molecule has 0 aliphatic rings. The number of oxazole rings is 1. The predicted molar refractivity (Wildman–Crippen MR) is 97.9 cm³/mol. The highest BCUT2D eigenvalue weighted by Gasteiger charge is 2.16. The Hall–Kier alpha value is -2.15. The summed E-state index contributed by atoms with van der Waals surface area (Å²) in [6.07, 6.45) is 1.93. The van der Waals surface area contributed by atoms with Crippen LogP contribution in [-0.2, 0) is 21.3 Å². The molecule has 0 bridgehead atoms. The summed E-state index contributed by atoms with van der Waals surface area (Å²) in [6, 6.07) is 7.36. The number of rotatable bonds is 9. The zero-order chi connectivity index (χ0) is 18.2. The number of hydrogen-bond donors (Lipinski definition) is 1. The van der Waals surface area contributed by atoms with Crippen LogP contribution in [0, 0.1) is 6.92 Å². The van der Waals surface area contributed by atoms with Crippen molar-refractivity contribution in [2.24, 2.45) is 0 Å². The third-order valence-electron chi connectivity index (χ3n) is 3.67. The number of benzene rings is 1. The summed E-state index contributed by atoms with van der Waals surface area (Å²) in [5.41, 5.74) is 1.43. The number of nitrogens with zero attached hydrogens (tertiary/aromatic N) is 1. The lowest BCUT2D eigenvalue weighted by molar-refractivity contribution is -0.118. The molecule has 1 amide bonds. The normalized spacial score (nSPS) is 12.0. The number of nitrogens with one attached hydrogen (secondary N) is 1. The lowest BCUT2D eigenvalue weighted by Crippen LogP contribution is -2.29. The molecule has 2 rings (SSSR count). The average Bonchev–Trinajstić information content (AvgIpc) is 2.95. The van der Waals surface area contributed by atoms with Gasteiger partial charge < -0.3 is 14.5 Å². The van der Waals surface area contributed by atoms with Gasteiger partial charge in [-0.05, 0) is 37.6 Å². The number of hydrogen-bond acceptors (Lipinski definition) is 5. The van der Waals surface area contributed by atoms with Gasteiger partial charge in [0.05, 0.1) is 18.6 Å². The number of unbranched alkanes of at least 4 members (excludes halogenated alkanes) is 1. The number of amides is 1. The van der Waals surface area contributed by atoms with Crippen molar-refractivity contribution in [1.29, 1.82) is 0 Å². The van der Waals surface area contributed by atoms with Crippen molar-refractivity contribution in [3.05, 3.63) is 35.7 Å². The van der Waals surface area contributed by atoms with Gasteiger partial charge in [-0.15, -0.1) is 0 Å². The van der Waals surface area contributed by atoms with Crippen LogP contribution in [0.2, 0.25) is 0 Å². The molecule has 136 valence electrons. The number of aromatic nitrogens is 1. The minimum Gasteiger partial charge on any atom is -0.497 e. The molecule has 0 spiro atoms. The summed E-state index contributed by atoms with van der Waals surface area (Å²) in [7, 11) is 0.288. The first-order chi connectivity index (χ1) is 12.0. The molecule has 0 unspecified atom stereocenters. The second-order valence-electron chi connectivity index (χ2n) is 5.68. The molecule has 1 atom stereocenters. The van der Waals surface area contributed by atoms with E-state index in [2.05, 4.69) is 17.2 Å². The molecule has 7 heteroatoms. The Balaban J connectivity index is 1.97. The standard InChI is InChI=1S/C18H24N2O4S/c1-4-5-10-19-17(21)12-25(22)11-16-13(2)24-18(20-16)14-6-8-15(23-3)9-7-14/h6-9H,4-5,10-12H2,1-3H3,(H,19,21)/t25-/m0/s1. The summed E-state index contributed by atoms with van der Waals surface area (Å²) in [4.78, 5) is 16.2. The molecular formula is C18H24N2O4S. The molecule has 0 fully saturated rings. The van der Waals surface area contributed by atoms with E-state index in [1.54, 1.807) is 14.0 Å². The fourth-order valence-corrected chi connectivity index (χ4v) is 3.29. The van der Waals surface area contributed by atoms with Gasteiger partial charge in [-0.25, -0.2) is 4.98 Å². The van der Waals surface area contributed by atoms with Gasteiger partial charge >= 0.3 is 0 Å². The Bertz CT molecular complexity index is 725. The van der Waals surface area contributed by atoms with Gasteiger partial charge in [-0.3, -0.25) is 9.00 Å². The van der Waals surface area contributed by atoms with Crippen molar-refractivity contribution < 1.29 is 18.2 Å². The van der Waals surface area contributed by atoms with Crippen LogP contribution >= 0.6 is 0 Å². The highest BCUT2D eigenvalue weighted by atomic mass is 32.2. The molecule has 2 aromatic rings. The number of carbonyl (C=O) groups is 1. The topological polar surface area (TPSA) is 81.4 Å². The molecular weight excluding hydrogens is 340 g/mol. The Kier molecular flexibility index (Phi) is 7.18. The van der Waals surface area contributed by atoms with Crippen molar-refractivity contribution in [3.8, 4) is 17.2 Å². The van der Waals surface area contributed by atoms with E-state index in [-0.39, 0.29) is 17.4 Å². The van der Waals surface area contributed by atoms with Gasteiger partial charge in [0.15, 0.2) is 0 Å². The summed E-state index contributed by atoms with van der Waals surface area (Å²) < 4.78 is 23.0. The van der Waals surface area contributed by atoms with E-state index in [1.165, 1.54) is 0 Å². The van der Waals surface area contributed by atoms with Crippen LogP contribution in [0.4, 0.5) is 0 Å². The van der Waals surface area contributed by atoms with E-state index in [0.29, 0.717) is 23.9 Å². The van der Waals surface area contributed by atoms with Crippen LogP contribution in [0.1, 0.15) is 31.2 Å². The number of methoxy groups -OCH3 is 1. The summed E-state index contributed by atoms with van der Waals surface area (Å²) >= 11 is 0. The molecule has 25 heavy (non-hydrogen) atoms. The largest absolute Gasteiger partial charge is 0.497 e. The second kappa shape index (κ2) is 9.36. The lowest BCUT2D eigenvalue weighted by atomic mass is 10.2. The lowest BCUT2D eigenvalue weighted by Gasteiger charge is -2.03. The summed E-state index contributed by atoms with van der Waals surface area (Å²) in [6.45, 7) is 4.46. The average molecular weight is 364 g/mol. The van der Waals surface area contributed by atoms with Crippen molar-refractivity contribution in [1.82, 2.24) is 10.3 Å². The number of ether oxygens (including phenoxy) is 1. The minimum atomic E-state index is -1.32. The molecule has 1 N–H and O–H groups in total. The maximum Gasteiger partial charge on any atom is 0.232 e. The smallest absolute Gasteiger partial charge is 0.232 e. The summed E-state index contributed by atoms with van der Waals surface area (Å²) in [5.74, 6) is 1.83. The number of carbonyl (C=O) groups excluding carboxylic acids is 1. The Morgan fingerprint density at radius 2 is 2.04 bits per heavy atom. The quantitative estimate of drug-likeness (QED) is 0.692. The first-order valence-corrected chi connectivity index (χ1v) is 9.74. The number of aryl methyl sites for hydroxylation is 1. The highest BCUT2D eigenvalue weighted by molar-refractivity contribution is 7.84. The van der Waals surface area contributed by atoms with Crippen LogP contribution in [0.25, 0.3) is 11.5 Å². The van der Waals surface area contributed by atoms with Crippen molar-refractivity contribution in [3.63, 3.8) is 0 Å². The zero-order valence-corrected chi connectivity index (χ0v) is 15.6. The zero-order valence-electron chi connectivity index (χ0n) is 14.8. The van der Waals surface area contributed by atoms with Gasteiger partial charge in [0.1, 0.15) is 17.3 Å². The van der Waals surface area contributed by atoms with Gasteiger partial charge in [-0.2, -0.15) is 0 Å². The Morgan fingerprint density at radius 1 is 1.32 bits per heavy atom. The minimum absolute atomic E-state index is 0.0200. The van der Waals surface area contributed by atoms with Gasteiger partial charge in [0.25, 0.3) is 0 Å². The van der Waals surface area contributed by atoms with Gasteiger partial charge in [0, 0.05) is 22.9 Å². The maximum atomic E-state index is 12.2. The molecule has 0 saturated carbocycles. The van der Waals surface area contributed by atoms with E-state index < -0.39 is 10.8 Å². The molecule has 1 heterocycles. The molecule has 1 aromatic heterocycles.